The Hall–Kier alpha value is -3.07. The van der Waals surface area contributed by atoms with Crippen LogP contribution >= 0.6 is 0 Å². The lowest BCUT2D eigenvalue weighted by Crippen LogP contribution is -2.53. The van der Waals surface area contributed by atoms with E-state index in [1.165, 1.54) is 12.1 Å². The number of nitro groups is 1. The number of benzene rings is 2. The first-order valence-electron chi connectivity index (χ1n) is 8.85. The van der Waals surface area contributed by atoms with E-state index in [2.05, 4.69) is 5.32 Å². The van der Waals surface area contributed by atoms with E-state index in [0.717, 1.165) is 6.07 Å². The number of nitrogens with one attached hydrogen (secondary N) is 1. The van der Waals surface area contributed by atoms with Crippen molar-refractivity contribution in [1.29, 1.82) is 0 Å². The monoisotopic (exact) mass is 390 g/mol. The SMILES string of the molecule is CC(C(=O)Nc1ccc(F)cc1F)N1CCN(c2ccccc2[N+](=O)[O-])CC1. The van der Waals surface area contributed by atoms with Gasteiger partial charge in [-0.15, -0.1) is 0 Å². The summed E-state index contributed by atoms with van der Waals surface area (Å²) in [5.41, 5.74) is 0.531. The molecule has 1 aliphatic rings. The molecule has 1 fully saturated rings. The van der Waals surface area contributed by atoms with Crippen LogP contribution in [0.4, 0.5) is 25.8 Å². The molecule has 1 aliphatic heterocycles. The van der Waals surface area contributed by atoms with Crippen LogP contribution < -0.4 is 10.2 Å². The first-order valence-corrected chi connectivity index (χ1v) is 8.85. The van der Waals surface area contributed by atoms with Gasteiger partial charge in [0.25, 0.3) is 5.69 Å². The molecule has 0 spiro atoms. The minimum atomic E-state index is -0.832. The number of halogens is 2. The van der Waals surface area contributed by atoms with E-state index >= 15 is 0 Å². The summed E-state index contributed by atoms with van der Waals surface area (Å²) in [6.45, 7) is 3.79. The van der Waals surface area contributed by atoms with E-state index in [1.54, 1.807) is 25.1 Å². The number of para-hydroxylation sites is 2. The molecule has 28 heavy (non-hydrogen) atoms. The minimum absolute atomic E-state index is 0.0496. The number of nitro benzene ring substituents is 1. The predicted octanol–water partition coefficient (Wildman–Crippen LogP) is 3.02. The molecule has 0 aromatic heterocycles. The number of rotatable bonds is 5. The van der Waals surface area contributed by atoms with Gasteiger partial charge in [0.05, 0.1) is 16.7 Å². The Labute approximate surface area is 160 Å². The molecule has 1 unspecified atom stereocenters. The van der Waals surface area contributed by atoms with E-state index < -0.39 is 28.5 Å². The molecule has 3 rings (SSSR count). The minimum Gasteiger partial charge on any atom is -0.363 e. The Balaban J connectivity index is 1.61. The van der Waals surface area contributed by atoms with Crippen LogP contribution in [0.5, 0.6) is 0 Å². The maximum Gasteiger partial charge on any atom is 0.292 e. The molecule has 0 radical (unpaired) electrons. The van der Waals surface area contributed by atoms with E-state index in [0.29, 0.717) is 37.9 Å². The topological polar surface area (TPSA) is 78.7 Å². The Bertz CT molecular complexity index is 885. The van der Waals surface area contributed by atoms with Crippen molar-refractivity contribution in [1.82, 2.24) is 4.90 Å². The lowest BCUT2D eigenvalue weighted by Gasteiger charge is -2.38. The molecular weight excluding hydrogens is 370 g/mol. The zero-order valence-corrected chi connectivity index (χ0v) is 15.3. The van der Waals surface area contributed by atoms with Crippen molar-refractivity contribution in [2.75, 3.05) is 36.4 Å². The molecule has 148 valence electrons. The summed E-state index contributed by atoms with van der Waals surface area (Å²) in [5, 5.41) is 13.7. The van der Waals surface area contributed by atoms with Gasteiger partial charge in [0.1, 0.15) is 17.3 Å². The normalized spacial score (nSPS) is 15.9. The molecule has 0 aliphatic carbocycles. The molecule has 1 N–H and O–H groups in total. The van der Waals surface area contributed by atoms with Crippen LogP contribution in [-0.4, -0.2) is 48.0 Å². The summed E-state index contributed by atoms with van der Waals surface area (Å²) in [5.74, 6) is -1.94. The molecule has 2 aromatic carbocycles. The Morgan fingerprint density at radius 2 is 1.82 bits per heavy atom. The van der Waals surface area contributed by atoms with Crippen LogP contribution in [0.2, 0.25) is 0 Å². The highest BCUT2D eigenvalue weighted by Crippen LogP contribution is 2.28. The number of carbonyl (C=O) groups excluding carboxylic acids is 1. The van der Waals surface area contributed by atoms with Gasteiger partial charge in [0.15, 0.2) is 0 Å². The van der Waals surface area contributed by atoms with Crippen LogP contribution in [0.25, 0.3) is 0 Å². The van der Waals surface area contributed by atoms with Crippen LogP contribution in [0.1, 0.15) is 6.92 Å². The van der Waals surface area contributed by atoms with Crippen molar-refractivity contribution in [3.63, 3.8) is 0 Å². The number of amides is 1. The summed E-state index contributed by atoms with van der Waals surface area (Å²) in [6.07, 6.45) is 0. The molecule has 7 nitrogen and oxygen atoms in total. The molecule has 1 amide bonds. The van der Waals surface area contributed by atoms with Gasteiger partial charge >= 0.3 is 0 Å². The first kappa shape index (κ1) is 19.7. The molecular formula is C19H20F2N4O3. The summed E-state index contributed by atoms with van der Waals surface area (Å²) >= 11 is 0. The van der Waals surface area contributed by atoms with Gasteiger partial charge in [0.2, 0.25) is 5.91 Å². The summed E-state index contributed by atoms with van der Waals surface area (Å²) in [6, 6.07) is 9.00. The second-order valence-corrected chi connectivity index (χ2v) is 6.56. The van der Waals surface area contributed by atoms with Crippen LogP contribution in [-0.2, 0) is 4.79 Å². The van der Waals surface area contributed by atoms with E-state index in [1.807, 2.05) is 9.80 Å². The number of anilines is 2. The molecule has 0 saturated carbocycles. The highest BCUT2D eigenvalue weighted by molar-refractivity contribution is 5.94. The molecule has 2 aromatic rings. The van der Waals surface area contributed by atoms with E-state index in [4.69, 9.17) is 0 Å². The predicted molar refractivity (Wildman–Crippen MR) is 101 cm³/mol. The maximum atomic E-state index is 13.7. The Morgan fingerprint density at radius 3 is 2.46 bits per heavy atom. The zero-order chi connectivity index (χ0) is 20.3. The van der Waals surface area contributed by atoms with Crippen molar-refractivity contribution in [2.45, 2.75) is 13.0 Å². The fourth-order valence-electron chi connectivity index (χ4n) is 3.23. The zero-order valence-electron chi connectivity index (χ0n) is 15.3. The number of hydrogen-bond donors (Lipinski definition) is 1. The Morgan fingerprint density at radius 1 is 1.14 bits per heavy atom. The third-order valence-electron chi connectivity index (χ3n) is 4.85. The average molecular weight is 390 g/mol. The molecule has 9 heteroatoms. The lowest BCUT2D eigenvalue weighted by atomic mass is 10.1. The summed E-state index contributed by atoms with van der Waals surface area (Å²) in [7, 11) is 0. The first-order chi connectivity index (χ1) is 13.4. The van der Waals surface area contributed by atoms with Gasteiger partial charge in [-0.25, -0.2) is 8.78 Å². The van der Waals surface area contributed by atoms with Crippen molar-refractivity contribution >= 4 is 23.0 Å². The van der Waals surface area contributed by atoms with Gasteiger partial charge in [-0.05, 0) is 25.1 Å². The van der Waals surface area contributed by atoms with Gasteiger partial charge < -0.3 is 10.2 Å². The summed E-state index contributed by atoms with van der Waals surface area (Å²) in [4.78, 5) is 27.1. The fourth-order valence-corrected chi connectivity index (χ4v) is 3.23. The van der Waals surface area contributed by atoms with Gasteiger partial charge in [-0.1, -0.05) is 12.1 Å². The lowest BCUT2D eigenvalue weighted by molar-refractivity contribution is -0.384. The highest BCUT2D eigenvalue weighted by atomic mass is 19.1. The number of carbonyl (C=O) groups is 1. The van der Waals surface area contributed by atoms with Gasteiger partial charge in [0, 0.05) is 38.3 Å². The second-order valence-electron chi connectivity index (χ2n) is 6.56. The largest absolute Gasteiger partial charge is 0.363 e. The molecule has 1 heterocycles. The third-order valence-corrected chi connectivity index (χ3v) is 4.85. The maximum absolute atomic E-state index is 13.7. The molecule has 1 saturated heterocycles. The fraction of sp³-hybridized carbons (Fsp3) is 0.316. The highest BCUT2D eigenvalue weighted by Gasteiger charge is 2.28. The quantitative estimate of drug-likeness (QED) is 0.627. The average Bonchev–Trinajstić information content (AvgIpc) is 2.69. The smallest absolute Gasteiger partial charge is 0.292 e. The number of hydrogen-bond acceptors (Lipinski definition) is 5. The van der Waals surface area contributed by atoms with Crippen LogP contribution in [0, 0.1) is 21.7 Å². The summed E-state index contributed by atoms with van der Waals surface area (Å²) < 4.78 is 26.7. The van der Waals surface area contributed by atoms with Crippen molar-refractivity contribution in [2.24, 2.45) is 0 Å². The third kappa shape index (κ3) is 4.25. The van der Waals surface area contributed by atoms with Gasteiger partial charge in [-0.3, -0.25) is 19.8 Å². The van der Waals surface area contributed by atoms with Crippen molar-refractivity contribution in [3.05, 3.63) is 64.2 Å². The van der Waals surface area contributed by atoms with Crippen LogP contribution in [0.3, 0.4) is 0 Å². The molecule has 1 atom stereocenters. The number of nitrogens with zero attached hydrogens (tertiary/aromatic N) is 3. The van der Waals surface area contributed by atoms with E-state index in [9.17, 15) is 23.7 Å². The van der Waals surface area contributed by atoms with Crippen molar-refractivity contribution < 1.29 is 18.5 Å². The Kier molecular flexibility index (Phi) is 5.84. The second kappa shape index (κ2) is 8.30. The van der Waals surface area contributed by atoms with Crippen molar-refractivity contribution in [3.8, 4) is 0 Å². The number of piperazine rings is 1. The molecule has 0 bridgehead atoms. The van der Waals surface area contributed by atoms with E-state index in [-0.39, 0.29) is 11.4 Å². The van der Waals surface area contributed by atoms with Gasteiger partial charge in [-0.2, -0.15) is 0 Å². The van der Waals surface area contributed by atoms with Crippen LogP contribution in [0.15, 0.2) is 42.5 Å². The standard InChI is InChI=1S/C19H20F2N4O3/c1-13(19(26)22-16-7-6-14(20)12-15(16)21)23-8-10-24(11-9-23)17-4-2-3-5-18(17)25(27)28/h2-7,12-13H,8-11H2,1H3,(H,22,26).